The van der Waals surface area contributed by atoms with Crippen molar-refractivity contribution in [3.05, 3.63) is 17.8 Å². The smallest absolute Gasteiger partial charge is 0.263 e. The molecule has 1 rings (SSSR count). The molecule has 8 heteroatoms. The van der Waals surface area contributed by atoms with Crippen molar-refractivity contribution in [2.45, 2.75) is 13.5 Å². The van der Waals surface area contributed by atoms with E-state index in [1.54, 1.807) is 0 Å². The molecule has 7 nitrogen and oxygen atoms in total. The number of oxazole rings is 1. The van der Waals surface area contributed by atoms with Gasteiger partial charge in [-0.2, -0.15) is 0 Å². The zero-order valence-corrected chi connectivity index (χ0v) is 8.02. The first-order valence-corrected chi connectivity index (χ1v) is 4.96. The predicted molar refractivity (Wildman–Crippen MR) is 38.9 cm³/mol. The van der Waals surface area contributed by atoms with Crippen LogP contribution in [0.1, 0.15) is 23.3 Å². The Bertz CT molecular complexity index is 379. The molecule has 0 fully saturated rings. The van der Waals surface area contributed by atoms with Crippen LogP contribution >= 0.6 is 7.82 Å². The van der Waals surface area contributed by atoms with Crippen LogP contribution in [0.3, 0.4) is 0 Å². The highest BCUT2D eigenvalue weighted by Crippen LogP contribution is 2.26. The normalized spacial score (nSPS) is 11.6. The number of hydrogen-bond donors (Lipinski definition) is 0. The van der Waals surface area contributed by atoms with Crippen LogP contribution < -0.4 is 9.79 Å². The fourth-order valence-electron chi connectivity index (χ4n) is 0.680. The first-order valence-electron chi connectivity index (χ1n) is 3.50. The summed E-state index contributed by atoms with van der Waals surface area (Å²) in [5.74, 6) is -0.557. The van der Waals surface area contributed by atoms with Gasteiger partial charge in [0.15, 0.2) is 0 Å². The highest BCUT2D eigenvalue weighted by molar-refractivity contribution is 7.43. The zero-order chi connectivity index (χ0) is 10.8. The second-order valence-corrected chi connectivity index (χ2v) is 3.57. The molecule has 0 saturated heterocycles. The van der Waals surface area contributed by atoms with E-state index in [0.717, 1.165) is 6.26 Å². The van der Waals surface area contributed by atoms with Crippen LogP contribution in [0, 0.1) is 0 Å². The molecule has 0 saturated carbocycles. The molecule has 0 aromatic carbocycles. The Kier molecular flexibility index (Phi) is 3.17. The van der Waals surface area contributed by atoms with Crippen molar-refractivity contribution in [1.82, 2.24) is 4.98 Å². The Morgan fingerprint density at radius 1 is 1.71 bits per heavy atom. The van der Waals surface area contributed by atoms with E-state index in [1.165, 1.54) is 6.92 Å². The minimum absolute atomic E-state index is 0.0714. The number of nitrogens with zero attached hydrogens (tertiary/aromatic N) is 1. The molecular weight excluding hydrogens is 213 g/mol. The minimum atomic E-state index is -5.01. The van der Waals surface area contributed by atoms with Gasteiger partial charge in [-0.05, 0) is 0 Å². The molecule has 1 aromatic rings. The Hall–Kier alpha value is -1.01. The van der Waals surface area contributed by atoms with Crippen LogP contribution in [0.2, 0.25) is 0 Å². The van der Waals surface area contributed by atoms with Crippen molar-refractivity contribution in [2.24, 2.45) is 0 Å². The quantitative estimate of drug-likeness (QED) is 0.481. The Labute approximate surface area is 79.0 Å². The molecule has 1 aromatic heterocycles. The van der Waals surface area contributed by atoms with Crippen molar-refractivity contribution in [2.75, 3.05) is 0 Å². The molecule has 1 heterocycles. The van der Waals surface area contributed by atoms with E-state index in [9.17, 15) is 19.1 Å². The number of phosphoric acid groups is 1. The lowest BCUT2D eigenvalue weighted by Crippen LogP contribution is -2.16. The maximum atomic E-state index is 10.7. The van der Waals surface area contributed by atoms with Gasteiger partial charge in [0.1, 0.15) is 12.0 Å². The number of ketones is 1. The van der Waals surface area contributed by atoms with Crippen LogP contribution in [-0.2, 0) is 15.7 Å². The maximum absolute atomic E-state index is 10.7. The number of hydrogen-bond acceptors (Lipinski definition) is 7. The average Bonchev–Trinajstić information content (AvgIpc) is 2.47. The molecule has 0 atom stereocenters. The number of carbonyl (C=O) groups excluding carboxylic acids is 1. The highest BCUT2D eigenvalue weighted by Gasteiger charge is 2.08. The Balaban J connectivity index is 2.61. The Morgan fingerprint density at radius 2 is 2.36 bits per heavy atom. The van der Waals surface area contributed by atoms with Crippen LogP contribution in [0.5, 0.6) is 0 Å². The molecule has 78 valence electrons. The summed E-state index contributed by atoms with van der Waals surface area (Å²) in [6, 6.07) is 0. The van der Waals surface area contributed by atoms with Gasteiger partial charge in [0, 0.05) is 6.92 Å². The molecule has 0 amide bonds. The first-order chi connectivity index (χ1) is 6.38. The van der Waals surface area contributed by atoms with Crippen LogP contribution in [0.25, 0.3) is 0 Å². The summed E-state index contributed by atoms with van der Waals surface area (Å²) < 4.78 is 18.6. The van der Waals surface area contributed by atoms with Crippen molar-refractivity contribution < 1.29 is 28.1 Å². The summed E-state index contributed by atoms with van der Waals surface area (Å²) in [5, 5.41) is 0. The monoisotopic (exact) mass is 219 g/mol. The molecule has 0 bridgehead atoms. The van der Waals surface area contributed by atoms with Gasteiger partial charge in [0.05, 0.1) is 14.4 Å². The van der Waals surface area contributed by atoms with E-state index >= 15 is 0 Å². The van der Waals surface area contributed by atoms with Gasteiger partial charge in [0.2, 0.25) is 5.78 Å². The number of aromatic nitrogens is 1. The Morgan fingerprint density at radius 3 is 2.79 bits per heavy atom. The second-order valence-electron chi connectivity index (χ2n) is 2.42. The average molecular weight is 219 g/mol. The van der Waals surface area contributed by atoms with Crippen LogP contribution in [0.15, 0.2) is 10.7 Å². The van der Waals surface area contributed by atoms with Gasteiger partial charge in [-0.3, -0.25) is 4.79 Å². The fourth-order valence-corrected chi connectivity index (χ4v) is 0.971. The lowest BCUT2D eigenvalue weighted by Gasteiger charge is -2.27. The summed E-state index contributed by atoms with van der Waals surface area (Å²) in [5.41, 5.74) is 0.0714. The zero-order valence-electron chi connectivity index (χ0n) is 7.13. The number of phosphoric ester groups is 1. The lowest BCUT2D eigenvalue weighted by atomic mass is 10.4. The van der Waals surface area contributed by atoms with E-state index in [4.69, 9.17) is 0 Å². The van der Waals surface area contributed by atoms with E-state index in [-0.39, 0.29) is 11.6 Å². The largest absolute Gasteiger partial charge is 0.790 e. The molecule has 0 aliphatic rings. The van der Waals surface area contributed by atoms with Gasteiger partial charge >= 0.3 is 0 Å². The standard InChI is InChI=1S/C6H8NO6P/c1-4(8)6-7-5(2-12-6)3-13-14(9,10)11/h2H,3H2,1H3,(H2,9,10,11)/p-2. The van der Waals surface area contributed by atoms with Gasteiger partial charge in [-0.1, -0.05) is 0 Å². The minimum Gasteiger partial charge on any atom is -0.790 e. The lowest BCUT2D eigenvalue weighted by molar-refractivity contribution is -0.342. The topological polar surface area (TPSA) is 116 Å². The van der Waals surface area contributed by atoms with E-state index in [1.807, 2.05) is 0 Å². The summed E-state index contributed by atoms with van der Waals surface area (Å²) >= 11 is 0. The molecule has 0 aliphatic heterocycles. The predicted octanol–water partition coefficient (Wildman–Crippen LogP) is -0.778. The van der Waals surface area contributed by atoms with Gasteiger partial charge in [-0.25, -0.2) is 4.98 Å². The molecule has 0 unspecified atom stereocenters. The van der Waals surface area contributed by atoms with Crippen molar-refractivity contribution >= 4 is 13.6 Å². The van der Waals surface area contributed by atoms with E-state index < -0.39 is 20.2 Å². The summed E-state index contributed by atoms with van der Waals surface area (Å²) in [6.45, 7) is 0.712. The summed E-state index contributed by atoms with van der Waals surface area (Å²) in [4.78, 5) is 34.4. The summed E-state index contributed by atoms with van der Waals surface area (Å²) in [6.07, 6.45) is 1.05. The maximum Gasteiger partial charge on any atom is 0.263 e. The third-order valence-electron chi connectivity index (χ3n) is 1.22. The van der Waals surface area contributed by atoms with Crippen molar-refractivity contribution in [3.8, 4) is 0 Å². The fraction of sp³-hybridized carbons (Fsp3) is 0.333. The third-order valence-corrected chi connectivity index (χ3v) is 1.67. The van der Waals surface area contributed by atoms with E-state index in [2.05, 4.69) is 13.9 Å². The molecule has 14 heavy (non-hydrogen) atoms. The van der Waals surface area contributed by atoms with Gasteiger partial charge in [-0.15, -0.1) is 0 Å². The van der Waals surface area contributed by atoms with Crippen LogP contribution in [-0.4, -0.2) is 10.8 Å². The molecular formula is C6H6NO6P-2. The third kappa shape index (κ3) is 3.39. The van der Waals surface area contributed by atoms with Crippen molar-refractivity contribution in [1.29, 1.82) is 0 Å². The highest BCUT2D eigenvalue weighted by atomic mass is 31.2. The molecule has 0 N–H and O–H groups in total. The van der Waals surface area contributed by atoms with Crippen LogP contribution in [0.4, 0.5) is 0 Å². The van der Waals surface area contributed by atoms with Gasteiger partial charge < -0.3 is 23.3 Å². The molecule has 0 radical (unpaired) electrons. The van der Waals surface area contributed by atoms with E-state index in [0.29, 0.717) is 0 Å². The molecule has 0 spiro atoms. The number of rotatable bonds is 4. The van der Waals surface area contributed by atoms with Gasteiger partial charge in [0.25, 0.3) is 5.89 Å². The second kappa shape index (κ2) is 4.02. The number of Topliss-reactive ketones (excluding diaryl/α,β-unsaturated/α-hetero) is 1. The first kappa shape index (κ1) is 11.1. The SMILES string of the molecule is CC(=O)c1nc(COP(=O)([O-])[O-])co1. The summed E-state index contributed by atoms with van der Waals surface area (Å²) in [7, 11) is -5.01. The number of carbonyl (C=O) groups is 1. The van der Waals surface area contributed by atoms with Crippen molar-refractivity contribution in [3.63, 3.8) is 0 Å². The molecule has 0 aliphatic carbocycles.